The second-order valence-corrected chi connectivity index (χ2v) is 10.2. The predicted molar refractivity (Wildman–Crippen MR) is 143 cm³/mol. The SMILES string of the molecule is CC1=NCc2ccc(-c3cccc(C(=O)NC(CNC(=O)OC(C)(C)C)c4cccc(C)c4)c3)cc21. The van der Waals surface area contributed by atoms with Gasteiger partial charge >= 0.3 is 6.09 Å². The Kier molecular flexibility index (Phi) is 7.25. The van der Waals surface area contributed by atoms with Crippen LogP contribution < -0.4 is 10.6 Å². The number of aliphatic imine (C=N–C) groups is 1. The van der Waals surface area contributed by atoms with Gasteiger partial charge in [0.25, 0.3) is 5.91 Å². The molecular formula is C30H33N3O3. The van der Waals surface area contributed by atoms with E-state index in [1.807, 2.05) is 77.1 Å². The van der Waals surface area contributed by atoms with Crippen LogP contribution in [0.3, 0.4) is 0 Å². The maximum absolute atomic E-state index is 13.3. The van der Waals surface area contributed by atoms with Gasteiger partial charge in [-0.05, 0) is 75.1 Å². The molecule has 4 rings (SSSR count). The summed E-state index contributed by atoms with van der Waals surface area (Å²) in [7, 11) is 0. The number of hydrogen-bond acceptors (Lipinski definition) is 4. The highest BCUT2D eigenvalue weighted by Gasteiger charge is 2.21. The van der Waals surface area contributed by atoms with Crippen molar-refractivity contribution >= 4 is 17.7 Å². The summed E-state index contributed by atoms with van der Waals surface area (Å²) in [6.07, 6.45) is -0.521. The molecule has 0 saturated carbocycles. The van der Waals surface area contributed by atoms with Crippen LogP contribution in [-0.4, -0.2) is 29.9 Å². The lowest BCUT2D eigenvalue weighted by atomic mass is 9.97. The number of ether oxygens (including phenoxy) is 1. The number of aryl methyl sites for hydroxylation is 1. The third-order valence-corrected chi connectivity index (χ3v) is 6.04. The molecule has 1 aliphatic rings. The van der Waals surface area contributed by atoms with Crippen molar-refractivity contribution in [1.29, 1.82) is 0 Å². The van der Waals surface area contributed by atoms with E-state index in [4.69, 9.17) is 4.74 Å². The van der Waals surface area contributed by atoms with Gasteiger partial charge in [0.05, 0.1) is 12.6 Å². The molecule has 6 heteroatoms. The molecule has 0 bridgehead atoms. The smallest absolute Gasteiger partial charge is 0.407 e. The number of carbonyl (C=O) groups excluding carboxylic acids is 2. The van der Waals surface area contributed by atoms with Gasteiger partial charge in [0.15, 0.2) is 0 Å². The Hall–Kier alpha value is -3.93. The zero-order valence-electron chi connectivity index (χ0n) is 21.5. The largest absolute Gasteiger partial charge is 0.444 e. The van der Waals surface area contributed by atoms with Gasteiger partial charge in [-0.15, -0.1) is 0 Å². The summed E-state index contributed by atoms with van der Waals surface area (Å²) in [6, 6.07) is 21.4. The van der Waals surface area contributed by atoms with E-state index in [9.17, 15) is 9.59 Å². The predicted octanol–water partition coefficient (Wildman–Crippen LogP) is 5.98. The molecule has 1 atom stereocenters. The summed E-state index contributed by atoms with van der Waals surface area (Å²) < 4.78 is 5.37. The first-order valence-electron chi connectivity index (χ1n) is 12.2. The van der Waals surface area contributed by atoms with Crippen molar-refractivity contribution < 1.29 is 14.3 Å². The zero-order valence-corrected chi connectivity index (χ0v) is 21.5. The fraction of sp³-hybridized carbons (Fsp3) is 0.300. The van der Waals surface area contributed by atoms with Gasteiger partial charge in [0.1, 0.15) is 5.60 Å². The fourth-order valence-corrected chi connectivity index (χ4v) is 4.24. The second-order valence-electron chi connectivity index (χ2n) is 10.2. The van der Waals surface area contributed by atoms with Gasteiger partial charge in [-0.2, -0.15) is 0 Å². The van der Waals surface area contributed by atoms with Crippen LogP contribution in [0.2, 0.25) is 0 Å². The first-order valence-corrected chi connectivity index (χ1v) is 12.2. The number of alkyl carbamates (subject to hydrolysis) is 1. The Morgan fingerprint density at radius 1 is 0.972 bits per heavy atom. The lowest BCUT2D eigenvalue weighted by molar-refractivity contribution is 0.0520. The highest BCUT2D eigenvalue weighted by atomic mass is 16.6. The first kappa shape index (κ1) is 25.2. The number of nitrogens with one attached hydrogen (secondary N) is 2. The minimum atomic E-state index is -0.603. The molecule has 3 aromatic carbocycles. The molecule has 0 fully saturated rings. The number of hydrogen-bond donors (Lipinski definition) is 2. The monoisotopic (exact) mass is 483 g/mol. The van der Waals surface area contributed by atoms with E-state index in [0.717, 1.165) is 40.1 Å². The number of amides is 2. The molecule has 2 N–H and O–H groups in total. The van der Waals surface area contributed by atoms with Gasteiger partial charge in [-0.1, -0.05) is 54.1 Å². The molecule has 3 aromatic rings. The van der Waals surface area contributed by atoms with E-state index < -0.39 is 17.7 Å². The van der Waals surface area contributed by atoms with Crippen molar-refractivity contribution in [2.24, 2.45) is 4.99 Å². The highest BCUT2D eigenvalue weighted by molar-refractivity contribution is 6.03. The Labute approximate surface area is 212 Å². The third kappa shape index (κ3) is 6.19. The summed E-state index contributed by atoms with van der Waals surface area (Å²) in [5, 5.41) is 5.89. The van der Waals surface area contributed by atoms with Gasteiger partial charge in [0.2, 0.25) is 0 Å². The van der Waals surface area contributed by atoms with Crippen molar-refractivity contribution in [2.45, 2.75) is 52.8 Å². The van der Waals surface area contributed by atoms with Crippen LogP contribution in [0.25, 0.3) is 11.1 Å². The summed E-state index contributed by atoms with van der Waals surface area (Å²) in [6.45, 7) is 10.4. The first-order chi connectivity index (χ1) is 17.1. The summed E-state index contributed by atoms with van der Waals surface area (Å²) in [5.74, 6) is -0.215. The van der Waals surface area contributed by atoms with Crippen LogP contribution in [0.4, 0.5) is 4.79 Å². The molecule has 36 heavy (non-hydrogen) atoms. The van der Waals surface area contributed by atoms with Crippen molar-refractivity contribution in [3.8, 4) is 11.1 Å². The summed E-state index contributed by atoms with van der Waals surface area (Å²) >= 11 is 0. The molecule has 6 nitrogen and oxygen atoms in total. The number of carbonyl (C=O) groups is 2. The lowest BCUT2D eigenvalue weighted by Crippen LogP contribution is -2.40. The van der Waals surface area contributed by atoms with Gasteiger partial charge in [-0.25, -0.2) is 4.79 Å². The Morgan fingerprint density at radius 2 is 1.72 bits per heavy atom. The minimum absolute atomic E-state index is 0.202. The molecule has 0 aromatic heterocycles. The number of fused-ring (bicyclic) bond motifs is 1. The second kappa shape index (κ2) is 10.4. The van der Waals surface area contributed by atoms with Gasteiger partial charge in [0, 0.05) is 23.4 Å². The maximum Gasteiger partial charge on any atom is 0.407 e. The van der Waals surface area contributed by atoms with E-state index in [1.54, 1.807) is 6.07 Å². The summed E-state index contributed by atoms with van der Waals surface area (Å²) in [5.41, 5.74) is 7.36. The zero-order chi connectivity index (χ0) is 25.9. The Bertz CT molecular complexity index is 1320. The average Bonchev–Trinajstić information content (AvgIpc) is 3.20. The Balaban J connectivity index is 1.54. The molecule has 0 saturated heterocycles. The van der Waals surface area contributed by atoms with Crippen molar-refractivity contribution in [3.05, 3.63) is 94.5 Å². The maximum atomic E-state index is 13.3. The molecule has 1 aliphatic heterocycles. The molecular weight excluding hydrogens is 450 g/mol. The van der Waals surface area contributed by atoms with Crippen LogP contribution in [-0.2, 0) is 11.3 Å². The van der Waals surface area contributed by atoms with Gasteiger partial charge < -0.3 is 15.4 Å². The van der Waals surface area contributed by atoms with E-state index in [0.29, 0.717) is 5.56 Å². The normalized spacial score (nSPS) is 13.4. The topological polar surface area (TPSA) is 79.8 Å². The van der Waals surface area contributed by atoms with E-state index in [2.05, 4.69) is 33.8 Å². The third-order valence-electron chi connectivity index (χ3n) is 6.04. The molecule has 0 spiro atoms. The lowest BCUT2D eigenvalue weighted by Gasteiger charge is -2.23. The number of benzene rings is 3. The molecule has 1 unspecified atom stereocenters. The summed E-state index contributed by atoms with van der Waals surface area (Å²) in [4.78, 5) is 30.1. The average molecular weight is 484 g/mol. The van der Waals surface area contributed by atoms with E-state index >= 15 is 0 Å². The quantitative estimate of drug-likeness (QED) is 0.453. The number of nitrogens with zero attached hydrogens (tertiary/aromatic N) is 1. The van der Waals surface area contributed by atoms with Crippen LogP contribution in [0, 0.1) is 6.92 Å². The molecule has 186 valence electrons. The van der Waals surface area contributed by atoms with Crippen LogP contribution in [0.5, 0.6) is 0 Å². The number of rotatable bonds is 6. The van der Waals surface area contributed by atoms with Crippen LogP contribution in [0.15, 0.2) is 71.7 Å². The Morgan fingerprint density at radius 3 is 2.47 bits per heavy atom. The molecule has 1 heterocycles. The molecule has 0 radical (unpaired) electrons. The minimum Gasteiger partial charge on any atom is -0.444 e. The van der Waals surface area contributed by atoms with Crippen molar-refractivity contribution in [3.63, 3.8) is 0 Å². The van der Waals surface area contributed by atoms with E-state index in [-0.39, 0.29) is 12.5 Å². The standard InChI is InChI=1S/C30H33N3O3/c1-19-8-6-10-23(14-19)27(18-32-29(35)36-30(3,4)5)33-28(34)24-11-7-9-21(15-24)22-12-13-25-17-31-20(2)26(25)16-22/h6-16,27H,17-18H2,1-5H3,(H,32,35)(H,33,34). The fourth-order valence-electron chi connectivity index (χ4n) is 4.24. The molecule has 2 amide bonds. The highest BCUT2D eigenvalue weighted by Crippen LogP contribution is 2.27. The van der Waals surface area contributed by atoms with Crippen LogP contribution >= 0.6 is 0 Å². The molecule has 0 aliphatic carbocycles. The van der Waals surface area contributed by atoms with Gasteiger partial charge in [-0.3, -0.25) is 9.79 Å². The van der Waals surface area contributed by atoms with Crippen molar-refractivity contribution in [2.75, 3.05) is 6.54 Å². The van der Waals surface area contributed by atoms with E-state index in [1.165, 1.54) is 5.56 Å². The van der Waals surface area contributed by atoms with Crippen LogP contribution in [0.1, 0.15) is 66.3 Å². The van der Waals surface area contributed by atoms with Crippen molar-refractivity contribution in [1.82, 2.24) is 10.6 Å².